The predicted molar refractivity (Wildman–Crippen MR) is 99.4 cm³/mol. The Morgan fingerprint density at radius 1 is 0.933 bits per heavy atom. The van der Waals surface area contributed by atoms with Crippen LogP contribution in [0.3, 0.4) is 0 Å². The largest absolute Gasteiger partial charge is 0.409 e. The molecule has 1 atom stereocenters. The standard InChI is InChI=1S/C19H19F7N4/c1-18(2,3)17(19(24,25)26)29-13-12(11-9(21)6-8(20)7-10(11)22)15(23)30-16-14(13)27-4-5-28-16/h6-7,17,27H,4-5H2,1-3H3,(H2,28,29,30)/t17-/m0/s1. The SMILES string of the molecule is CC(C)(C)[C@H](Nc1c2c(nc(F)c1-c1c(F)cc(F)cc1F)NCCN2)C(F)(F)F. The molecule has 0 amide bonds. The number of benzene rings is 1. The van der Waals surface area contributed by atoms with Crippen molar-refractivity contribution in [1.82, 2.24) is 4.98 Å². The molecule has 1 aliphatic heterocycles. The molecule has 0 saturated carbocycles. The Kier molecular flexibility index (Phi) is 5.50. The first-order chi connectivity index (χ1) is 13.8. The summed E-state index contributed by atoms with van der Waals surface area (Å²) in [6, 6.07) is -1.57. The maximum absolute atomic E-state index is 14.9. The number of nitrogens with one attached hydrogen (secondary N) is 3. The first kappa shape index (κ1) is 22.0. The summed E-state index contributed by atoms with van der Waals surface area (Å²) < 4.78 is 98.4. The Morgan fingerprint density at radius 2 is 1.50 bits per heavy atom. The number of fused-ring (bicyclic) bond motifs is 1. The molecule has 0 unspecified atom stereocenters. The van der Waals surface area contributed by atoms with Crippen LogP contribution in [-0.4, -0.2) is 30.3 Å². The fraction of sp³-hybridized carbons (Fsp3) is 0.421. The minimum atomic E-state index is -4.77. The molecule has 164 valence electrons. The highest BCUT2D eigenvalue weighted by Gasteiger charge is 2.48. The highest BCUT2D eigenvalue weighted by Crippen LogP contribution is 2.46. The molecule has 3 rings (SSSR count). The maximum atomic E-state index is 14.9. The molecule has 3 N–H and O–H groups in total. The highest BCUT2D eigenvalue weighted by atomic mass is 19.4. The molecule has 0 spiro atoms. The van der Waals surface area contributed by atoms with Gasteiger partial charge in [-0.15, -0.1) is 0 Å². The quantitative estimate of drug-likeness (QED) is 0.437. The second kappa shape index (κ2) is 7.51. The van der Waals surface area contributed by atoms with Gasteiger partial charge in [-0.25, -0.2) is 13.2 Å². The molecule has 4 nitrogen and oxygen atoms in total. The van der Waals surface area contributed by atoms with E-state index >= 15 is 0 Å². The van der Waals surface area contributed by atoms with Gasteiger partial charge in [0.15, 0.2) is 5.82 Å². The Morgan fingerprint density at radius 3 is 2.03 bits per heavy atom. The minimum absolute atomic E-state index is 0.0701. The van der Waals surface area contributed by atoms with E-state index < -0.39 is 57.8 Å². The van der Waals surface area contributed by atoms with E-state index in [9.17, 15) is 30.7 Å². The van der Waals surface area contributed by atoms with Crippen molar-refractivity contribution >= 4 is 17.2 Å². The average Bonchev–Trinajstić information content (AvgIpc) is 2.58. The first-order valence-electron chi connectivity index (χ1n) is 9.00. The fourth-order valence-electron chi connectivity index (χ4n) is 3.31. The lowest BCUT2D eigenvalue weighted by atomic mass is 9.85. The van der Waals surface area contributed by atoms with Gasteiger partial charge in [-0.3, -0.25) is 0 Å². The number of aromatic nitrogens is 1. The maximum Gasteiger partial charge on any atom is 0.409 e. The Bertz CT molecular complexity index is 930. The predicted octanol–water partition coefficient (Wildman–Crippen LogP) is 5.53. The molecule has 0 saturated heterocycles. The van der Waals surface area contributed by atoms with Gasteiger partial charge in [-0.05, 0) is 5.41 Å². The summed E-state index contributed by atoms with van der Waals surface area (Å²) in [5.41, 5.74) is -3.87. The van der Waals surface area contributed by atoms with Crippen LogP contribution in [0.25, 0.3) is 11.1 Å². The molecule has 0 aliphatic carbocycles. The number of hydrogen-bond donors (Lipinski definition) is 3. The number of rotatable bonds is 3. The van der Waals surface area contributed by atoms with Crippen LogP contribution < -0.4 is 16.0 Å². The van der Waals surface area contributed by atoms with Crippen molar-refractivity contribution in [3.8, 4) is 11.1 Å². The van der Waals surface area contributed by atoms with Gasteiger partial charge in [0.1, 0.15) is 29.2 Å². The smallest absolute Gasteiger partial charge is 0.379 e. The van der Waals surface area contributed by atoms with Crippen molar-refractivity contribution in [3.05, 3.63) is 35.5 Å². The van der Waals surface area contributed by atoms with Crippen LogP contribution in [-0.2, 0) is 0 Å². The first-order valence-corrected chi connectivity index (χ1v) is 9.00. The summed E-state index contributed by atoms with van der Waals surface area (Å²) in [4.78, 5) is 3.60. The Hall–Kier alpha value is -2.72. The molecular formula is C19H19F7N4. The third-order valence-corrected chi connectivity index (χ3v) is 4.61. The number of nitrogens with zero attached hydrogens (tertiary/aromatic N) is 1. The van der Waals surface area contributed by atoms with E-state index in [-0.39, 0.29) is 18.1 Å². The molecule has 0 radical (unpaired) electrons. The molecular weight excluding hydrogens is 417 g/mol. The lowest BCUT2D eigenvalue weighted by Gasteiger charge is -2.36. The van der Waals surface area contributed by atoms with Crippen LogP contribution in [0, 0.1) is 28.8 Å². The summed E-state index contributed by atoms with van der Waals surface area (Å²) in [6.07, 6.45) is -4.77. The second-order valence-electron chi connectivity index (χ2n) is 7.96. The van der Waals surface area contributed by atoms with Gasteiger partial charge in [0.25, 0.3) is 0 Å². The van der Waals surface area contributed by atoms with Crippen molar-refractivity contribution in [3.63, 3.8) is 0 Å². The zero-order valence-electron chi connectivity index (χ0n) is 16.2. The average molecular weight is 436 g/mol. The van der Waals surface area contributed by atoms with E-state index in [4.69, 9.17) is 0 Å². The van der Waals surface area contributed by atoms with E-state index in [0.717, 1.165) is 0 Å². The van der Waals surface area contributed by atoms with Gasteiger partial charge in [-0.2, -0.15) is 22.5 Å². The summed E-state index contributed by atoms with van der Waals surface area (Å²) >= 11 is 0. The Labute approximate surface area is 167 Å². The lowest BCUT2D eigenvalue weighted by Crippen LogP contribution is -2.46. The third kappa shape index (κ3) is 4.10. The van der Waals surface area contributed by atoms with Gasteiger partial charge in [0.2, 0.25) is 5.95 Å². The zero-order valence-corrected chi connectivity index (χ0v) is 16.2. The summed E-state index contributed by atoms with van der Waals surface area (Å²) in [7, 11) is 0. The molecule has 2 aromatic rings. The van der Waals surface area contributed by atoms with Crippen LogP contribution in [0.1, 0.15) is 20.8 Å². The molecule has 11 heteroatoms. The monoisotopic (exact) mass is 436 g/mol. The van der Waals surface area contributed by atoms with E-state index in [0.29, 0.717) is 18.7 Å². The van der Waals surface area contributed by atoms with Gasteiger partial charge in [-0.1, -0.05) is 20.8 Å². The zero-order chi connectivity index (χ0) is 22.4. The Balaban J connectivity index is 2.32. The molecule has 2 heterocycles. The lowest BCUT2D eigenvalue weighted by molar-refractivity contribution is -0.161. The van der Waals surface area contributed by atoms with E-state index in [1.807, 2.05) is 0 Å². The van der Waals surface area contributed by atoms with Crippen molar-refractivity contribution in [2.75, 3.05) is 29.0 Å². The van der Waals surface area contributed by atoms with Crippen molar-refractivity contribution in [1.29, 1.82) is 0 Å². The van der Waals surface area contributed by atoms with Crippen molar-refractivity contribution < 1.29 is 30.7 Å². The minimum Gasteiger partial charge on any atom is -0.379 e. The number of anilines is 3. The summed E-state index contributed by atoms with van der Waals surface area (Å²) in [5.74, 6) is -5.72. The van der Waals surface area contributed by atoms with Crippen molar-refractivity contribution in [2.24, 2.45) is 5.41 Å². The van der Waals surface area contributed by atoms with Crippen LogP contribution in [0.15, 0.2) is 12.1 Å². The number of alkyl halides is 3. The van der Waals surface area contributed by atoms with Gasteiger partial charge in [0.05, 0.1) is 16.8 Å². The number of halogens is 7. The molecule has 1 aromatic heterocycles. The number of pyridine rings is 1. The fourth-order valence-corrected chi connectivity index (χ4v) is 3.31. The van der Waals surface area contributed by atoms with Crippen LogP contribution in [0.4, 0.5) is 47.9 Å². The van der Waals surface area contributed by atoms with Crippen LogP contribution in [0.5, 0.6) is 0 Å². The third-order valence-electron chi connectivity index (χ3n) is 4.61. The van der Waals surface area contributed by atoms with Gasteiger partial charge >= 0.3 is 6.18 Å². The normalized spacial score (nSPS) is 15.1. The molecule has 1 aromatic carbocycles. The molecule has 0 bridgehead atoms. The topological polar surface area (TPSA) is 49.0 Å². The van der Waals surface area contributed by atoms with E-state index in [1.165, 1.54) is 20.8 Å². The summed E-state index contributed by atoms with van der Waals surface area (Å²) in [6.45, 7) is 4.49. The number of hydrogen-bond acceptors (Lipinski definition) is 4. The molecule has 30 heavy (non-hydrogen) atoms. The van der Waals surface area contributed by atoms with Gasteiger partial charge in [0, 0.05) is 25.2 Å². The molecule has 0 fully saturated rings. The van der Waals surface area contributed by atoms with Gasteiger partial charge < -0.3 is 16.0 Å². The van der Waals surface area contributed by atoms with E-state index in [1.54, 1.807) is 0 Å². The van der Waals surface area contributed by atoms with Crippen LogP contribution >= 0.6 is 0 Å². The second-order valence-corrected chi connectivity index (χ2v) is 7.96. The van der Waals surface area contributed by atoms with Crippen molar-refractivity contribution in [2.45, 2.75) is 33.0 Å². The molecule has 1 aliphatic rings. The summed E-state index contributed by atoms with van der Waals surface area (Å²) in [5, 5.41) is 7.75. The van der Waals surface area contributed by atoms with Crippen LogP contribution in [0.2, 0.25) is 0 Å². The van der Waals surface area contributed by atoms with E-state index in [2.05, 4.69) is 20.9 Å². The highest BCUT2D eigenvalue weighted by molar-refractivity contribution is 5.93.